The lowest BCUT2D eigenvalue weighted by Gasteiger charge is -2.10. The molecular formula is C16H13BrN2O2S2. The van der Waals surface area contributed by atoms with Crippen LogP contribution in [-0.2, 0) is 0 Å². The van der Waals surface area contributed by atoms with Crippen LogP contribution in [0.3, 0.4) is 0 Å². The molecule has 0 fully saturated rings. The summed E-state index contributed by atoms with van der Waals surface area (Å²) in [5.41, 5.74) is 2.09. The number of nitrogens with one attached hydrogen (secondary N) is 1. The van der Waals surface area contributed by atoms with Gasteiger partial charge in [0.1, 0.15) is 16.5 Å². The number of aromatic nitrogens is 1. The number of methoxy groups -OCH3 is 1. The normalized spacial score (nSPS) is 10.6. The molecule has 7 heteroatoms. The van der Waals surface area contributed by atoms with Crippen molar-refractivity contribution in [3.05, 3.63) is 50.8 Å². The van der Waals surface area contributed by atoms with Gasteiger partial charge in [0.15, 0.2) is 0 Å². The molecule has 2 heterocycles. The first-order valence-corrected chi connectivity index (χ1v) is 9.28. The Morgan fingerprint density at radius 1 is 1.26 bits per heavy atom. The number of carbonyl (C=O) groups excluding carboxylic acids is 1. The van der Waals surface area contributed by atoms with Crippen molar-refractivity contribution in [2.75, 3.05) is 12.4 Å². The fraction of sp³-hybridized carbons (Fsp3) is 0.125. The van der Waals surface area contributed by atoms with E-state index in [0.717, 1.165) is 19.9 Å². The molecule has 0 saturated heterocycles. The average molecular weight is 409 g/mol. The fourth-order valence-corrected chi connectivity index (χ4v) is 4.33. The number of benzene rings is 1. The summed E-state index contributed by atoms with van der Waals surface area (Å²) in [5, 5.41) is 7.46. The number of nitrogens with zero attached hydrogens (tertiary/aromatic N) is 1. The van der Waals surface area contributed by atoms with E-state index in [9.17, 15) is 4.79 Å². The van der Waals surface area contributed by atoms with Gasteiger partial charge in [-0.05, 0) is 46.6 Å². The van der Waals surface area contributed by atoms with Crippen molar-refractivity contribution in [1.82, 2.24) is 4.98 Å². The minimum Gasteiger partial charge on any atom is -0.495 e. The maximum absolute atomic E-state index is 12.4. The van der Waals surface area contributed by atoms with E-state index in [1.54, 1.807) is 23.8 Å². The fourth-order valence-electron chi connectivity index (χ4n) is 2.02. The molecule has 0 atom stereocenters. The molecule has 1 aromatic carbocycles. The topological polar surface area (TPSA) is 51.2 Å². The summed E-state index contributed by atoms with van der Waals surface area (Å²) in [5.74, 6) is 0.383. The third kappa shape index (κ3) is 3.63. The Kier molecular flexibility index (Phi) is 4.79. The van der Waals surface area contributed by atoms with Crippen LogP contribution in [0.25, 0.3) is 9.88 Å². The van der Waals surface area contributed by atoms with Crippen LogP contribution in [0.5, 0.6) is 5.75 Å². The highest BCUT2D eigenvalue weighted by atomic mass is 79.9. The molecule has 0 aliphatic rings. The zero-order valence-electron chi connectivity index (χ0n) is 12.4. The quantitative estimate of drug-likeness (QED) is 0.644. The number of aryl methyl sites for hydroxylation is 1. The summed E-state index contributed by atoms with van der Waals surface area (Å²) in [6.45, 7) is 1.96. The largest absolute Gasteiger partial charge is 0.495 e. The number of hydrogen-bond donors (Lipinski definition) is 1. The molecule has 118 valence electrons. The lowest BCUT2D eigenvalue weighted by molar-refractivity contribution is 0.102. The van der Waals surface area contributed by atoms with E-state index in [4.69, 9.17) is 4.74 Å². The molecule has 2 aromatic heterocycles. The number of halogens is 1. The summed E-state index contributed by atoms with van der Waals surface area (Å²) in [7, 11) is 1.58. The van der Waals surface area contributed by atoms with Gasteiger partial charge in [-0.2, -0.15) is 0 Å². The highest BCUT2D eigenvalue weighted by Gasteiger charge is 2.15. The second kappa shape index (κ2) is 6.82. The standard InChI is InChI=1S/C16H13BrN2O2S2/c1-9-3-4-13(21-2)11(5-9)18-15(20)12-8-23-16(19-12)14-6-10(17)7-22-14/h3-8H,1-2H3,(H,18,20). The number of ether oxygens (including phenoxy) is 1. The van der Waals surface area contributed by atoms with Gasteiger partial charge in [-0.3, -0.25) is 4.79 Å². The Hall–Kier alpha value is -1.70. The first kappa shape index (κ1) is 16.2. The van der Waals surface area contributed by atoms with Crippen molar-refractivity contribution >= 4 is 50.2 Å². The minimum absolute atomic E-state index is 0.243. The van der Waals surface area contributed by atoms with Gasteiger partial charge >= 0.3 is 0 Å². The third-order valence-corrected chi connectivity index (χ3v) is 5.82. The molecule has 0 saturated carbocycles. The van der Waals surface area contributed by atoms with Gasteiger partial charge in [0.25, 0.3) is 5.91 Å². The molecule has 23 heavy (non-hydrogen) atoms. The number of thiophene rings is 1. The molecule has 4 nitrogen and oxygen atoms in total. The van der Waals surface area contributed by atoms with Crippen LogP contribution < -0.4 is 10.1 Å². The summed E-state index contributed by atoms with van der Waals surface area (Å²) >= 11 is 6.47. The van der Waals surface area contributed by atoms with Gasteiger partial charge < -0.3 is 10.1 Å². The van der Waals surface area contributed by atoms with Gasteiger partial charge in [0.05, 0.1) is 17.7 Å². The van der Waals surface area contributed by atoms with Crippen molar-refractivity contribution in [2.45, 2.75) is 6.92 Å². The van der Waals surface area contributed by atoms with E-state index in [-0.39, 0.29) is 5.91 Å². The first-order chi connectivity index (χ1) is 11.1. The van der Waals surface area contributed by atoms with Crippen molar-refractivity contribution in [3.8, 4) is 15.6 Å². The van der Waals surface area contributed by atoms with E-state index in [1.165, 1.54) is 11.3 Å². The molecule has 0 aliphatic carbocycles. The highest BCUT2D eigenvalue weighted by Crippen LogP contribution is 2.32. The summed E-state index contributed by atoms with van der Waals surface area (Å²) < 4.78 is 6.30. The molecule has 0 unspecified atom stereocenters. The van der Waals surface area contributed by atoms with E-state index in [2.05, 4.69) is 26.2 Å². The number of amides is 1. The third-order valence-electron chi connectivity index (χ3n) is 3.12. The molecule has 3 aromatic rings. The summed E-state index contributed by atoms with van der Waals surface area (Å²) in [4.78, 5) is 17.9. The molecule has 0 aliphatic heterocycles. The smallest absolute Gasteiger partial charge is 0.275 e. The molecule has 1 N–H and O–H groups in total. The van der Waals surface area contributed by atoms with E-state index in [1.807, 2.05) is 36.6 Å². The minimum atomic E-state index is -0.243. The number of hydrogen-bond acceptors (Lipinski definition) is 5. The van der Waals surface area contributed by atoms with Crippen LogP contribution in [0.15, 0.2) is 39.5 Å². The van der Waals surface area contributed by atoms with Crippen LogP contribution in [0.2, 0.25) is 0 Å². The van der Waals surface area contributed by atoms with E-state index in [0.29, 0.717) is 17.1 Å². The van der Waals surface area contributed by atoms with Crippen LogP contribution in [-0.4, -0.2) is 18.0 Å². The second-order valence-corrected chi connectivity index (χ2v) is 7.51. The van der Waals surface area contributed by atoms with Gasteiger partial charge in [0, 0.05) is 15.2 Å². The number of rotatable bonds is 4. The lowest BCUT2D eigenvalue weighted by Crippen LogP contribution is -2.13. The molecule has 1 amide bonds. The van der Waals surface area contributed by atoms with Crippen LogP contribution >= 0.6 is 38.6 Å². The average Bonchev–Trinajstić information content (AvgIpc) is 3.16. The molecule has 0 radical (unpaired) electrons. The maximum Gasteiger partial charge on any atom is 0.275 e. The Balaban J connectivity index is 1.82. The van der Waals surface area contributed by atoms with Crippen molar-refractivity contribution < 1.29 is 9.53 Å². The monoisotopic (exact) mass is 408 g/mol. The SMILES string of the molecule is COc1ccc(C)cc1NC(=O)c1csc(-c2cc(Br)cs2)n1. The first-order valence-electron chi connectivity index (χ1n) is 6.73. The van der Waals surface area contributed by atoms with E-state index >= 15 is 0 Å². The Morgan fingerprint density at radius 3 is 2.78 bits per heavy atom. The number of thiazole rings is 1. The predicted molar refractivity (Wildman–Crippen MR) is 98.8 cm³/mol. The second-order valence-electron chi connectivity index (χ2n) is 4.82. The summed E-state index contributed by atoms with van der Waals surface area (Å²) in [6, 6.07) is 7.64. The molecular weight excluding hydrogens is 396 g/mol. The maximum atomic E-state index is 12.4. The molecule has 0 bridgehead atoms. The van der Waals surface area contributed by atoms with Crippen LogP contribution in [0.1, 0.15) is 16.1 Å². The Bertz CT molecular complexity index is 857. The lowest BCUT2D eigenvalue weighted by atomic mass is 10.2. The van der Waals surface area contributed by atoms with Gasteiger partial charge in [-0.1, -0.05) is 6.07 Å². The van der Waals surface area contributed by atoms with Crippen molar-refractivity contribution in [3.63, 3.8) is 0 Å². The Morgan fingerprint density at radius 2 is 2.09 bits per heavy atom. The predicted octanol–water partition coefficient (Wildman–Crippen LogP) is 5.20. The Labute approximate surface area is 150 Å². The van der Waals surface area contributed by atoms with Gasteiger partial charge in [-0.15, -0.1) is 22.7 Å². The van der Waals surface area contributed by atoms with E-state index < -0.39 is 0 Å². The van der Waals surface area contributed by atoms with Crippen LogP contribution in [0.4, 0.5) is 5.69 Å². The molecule has 0 spiro atoms. The van der Waals surface area contributed by atoms with Crippen LogP contribution in [0, 0.1) is 6.92 Å². The zero-order chi connectivity index (χ0) is 16.4. The highest BCUT2D eigenvalue weighted by molar-refractivity contribution is 9.10. The van der Waals surface area contributed by atoms with Gasteiger partial charge in [-0.25, -0.2) is 4.98 Å². The van der Waals surface area contributed by atoms with Crippen molar-refractivity contribution in [1.29, 1.82) is 0 Å². The van der Waals surface area contributed by atoms with Crippen molar-refractivity contribution in [2.24, 2.45) is 0 Å². The number of anilines is 1. The van der Waals surface area contributed by atoms with Gasteiger partial charge in [0.2, 0.25) is 0 Å². The zero-order valence-corrected chi connectivity index (χ0v) is 15.6. The number of carbonyl (C=O) groups is 1. The summed E-state index contributed by atoms with van der Waals surface area (Å²) in [6.07, 6.45) is 0. The molecule has 3 rings (SSSR count).